The smallest absolute Gasteiger partial charge is 0.316 e. The van der Waals surface area contributed by atoms with Gasteiger partial charge in [-0.05, 0) is 52.1 Å². The molecule has 0 amide bonds. The predicted molar refractivity (Wildman–Crippen MR) is 88.5 cm³/mol. The van der Waals surface area contributed by atoms with Gasteiger partial charge in [-0.3, -0.25) is 4.57 Å². The number of hydrogen-bond donors (Lipinski definition) is 2. The van der Waals surface area contributed by atoms with Crippen molar-refractivity contribution in [3.05, 3.63) is 0 Å². The molecule has 4 N–H and O–H groups in total. The van der Waals surface area contributed by atoms with Gasteiger partial charge in [0.2, 0.25) is 0 Å². The fraction of sp³-hybridized carbons (Fsp3) is 1.00. The molecule has 0 spiro atoms. The molecule has 1 saturated heterocycles. The molecule has 1 atom stereocenters. The third-order valence-corrected chi connectivity index (χ3v) is 4.36. The summed E-state index contributed by atoms with van der Waals surface area (Å²) in [7, 11) is 0.101. The molecule has 0 saturated carbocycles. The van der Waals surface area contributed by atoms with Crippen molar-refractivity contribution in [1.29, 1.82) is 0 Å². The summed E-state index contributed by atoms with van der Waals surface area (Å²) in [4.78, 5) is 2.41. The molecule has 1 aliphatic rings. The minimum atomic E-state index is -2.08. The van der Waals surface area contributed by atoms with E-state index in [1.165, 1.54) is 12.8 Å². The van der Waals surface area contributed by atoms with E-state index in [9.17, 15) is 4.57 Å². The highest BCUT2D eigenvalue weighted by atomic mass is 31.1. The molecule has 1 aliphatic heterocycles. The van der Waals surface area contributed by atoms with Gasteiger partial charge >= 0.3 is 8.25 Å². The molecule has 21 heavy (non-hydrogen) atoms. The first-order chi connectivity index (χ1) is 10.0. The fourth-order valence-corrected chi connectivity index (χ4v) is 2.92. The second-order valence-corrected chi connectivity index (χ2v) is 6.52. The molecule has 1 unspecified atom stereocenters. The van der Waals surface area contributed by atoms with Crippen LogP contribution in [0.5, 0.6) is 0 Å². The highest BCUT2D eigenvalue weighted by molar-refractivity contribution is 7.33. The molecule has 128 valence electrons. The summed E-state index contributed by atoms with van der Waals surface area (Å²) in [5, 5.41) is 0. The lowest BCUT2D eigenvalue weighted by molar-refractivity contribution is 0.218. The zero-order chi connectivity index (χ0) is 16.1. The van der Waals surface area contributed by atoms with Gasteiger partial charge in [0.15, 0.2) is 0 Å². The van der Waals surface area contributed by atoms with Crippen LogP contribution in [0.4, 0.5) is 0 Å². The van der Waals surface area contributed by atoms with Gasteiger partial charge in [-0.15, -0.1) is 0 Å². The van der Waals surface area contributed by atoms with Crippen molar-refractivity contribution >= 4 is 8.25 Å². The van der Waals surface area contributed by atoms with Gasteiger partial charge in [-0.25, -0.2) is 0 Å². The van der Waals surface area contributed by atoms with Gasteiger partial charge in [0, 0.05) is 6.04 Å². The first-order valence-corrected chi connectivity index (χ1v) is 9.24. The second kappa shape index (κ2) is 13.7. The van der Waals surface area contributed by atoms with E-state index in [0.717, 1.165) is 32.2 Å². The lowest BCUT2D eigenvalue weighted by atomic mass is 10.1. The Kier molecular flexibility index (Phi) is 13.7. The van der Waals surface area contributed by atoms with E-state index in [2.05, 4.69) is 25.8 Å². The zero-order valence-corrected chi connectivity index (χ0v) is 14.8. The number of nitrogens with two attached hydrogens (primary N) is 2. The van der Waals surface area contributed by atoms with E-state index >= 15 is 0 Å². The van der Waals surface area contributed by atoms with E-state index in [4.69, 9.17) is 20.5 Å². The highest BCUT2D eigenvalue weighted by Crippen LogP contribution is 2.26. The third-order valence-electron chi connectivity index (χ3n) is 3.48. The maximum atomic E-state index is 10.4. The van der Waals surface area contributed by atoms with E-state index in [1.807, 2.05) is 0 Å². The molecule has 7 heteroatoms. The van der Waals surface area contributed by atoms with Crippen LogP contribution in [0.2, 0.25) is 0 Å². The van der Waals surface area contributed by atoms with Crippen LogP contribution >= 0.6 is 8.25 Å². The molecule has 0 radical (unpaired) electrons. The maximum Gasteiger partial charge on any atom is 0.319 e. The zero-order valence-electron chi connectivity index (χ0n) is 13.8. The van der Waals surface area contributed by atoms with Crippen molar-refractivity contribution in [1.82, 2.24) is 4.90 Å². The van der Waals surface area contributed by atoms with E-state index in [-0.39, 0.29) is 6.17 Å². The monoisotopic (exact) mass is 323 g/mol. The van der Waals surface area contributed by atoms with Crippen molar-refractivity contribution in [2.75, 3.05) is 26.8 Å². The average Bonchev–Trinajstić information content (AvgIpc) is 2.68. The van der Waals surface area contributed by atoms with Gasteiger partial charge in [0.1, 0.15) is 0 Å². The fourth-order valence-electron chi connectivity index (χ4n) is 2.21. The molecule has 0 aromatic heterocycles. The Labute approximate surface area is 130 Å². The number of nitrogens with zero attached hydrogens (tertiary/aromatic N) is 1. The Morgan fingerprint density at radius 3 is 2.14 bits per heavy atom. The first kappa shape index (κ1) is 21.0. The quantitative estimate of drug-likeness (QED) is 0.552. The number of hydrogen-bond acceptors (Lipinski definition) is 6. The lowest BCUT2D eigenvalue weighted by Gasteiger charge is -2.27. The van der Waals surface area contributed by atoms with Crippen LogP contribution in [0, 0.1) is 0 Å². The Hall–Kier alpha value is 0.0300. The predicted octanol–water partition coefficient (Wildman–Crippen LogP) is 2.33. The Morgan fingerprint density at radius 2 is 1.71 bits per heavy atom. The third kappa shape index (κ3) is 12.3. The molecule has 0 aromatic carbocycles. The molecule has 6 nitrogen and oxygen atoms in total. The van der Waals surface area contributed by atoms with E-state index in [1.54, 1.807) is 0 Å². The van der Waals surface area contributed by atoms with Gasteiger partial charge in [0.25, 0.3) is 0 Å². The largest absolute Gasteiger partial charge is 0.319 e. The highest BCUT2D eigenvalue weighted by Gasteiger charge is 2.11. The summed E-state index contributed by atoms with van der Waals surface area (Å²) in [5.74, 6) is 0. The van der Waals surface area contributed by atoms with Gasteiger partial charge in [-0.1, -0.05) is 13.8 Å². The summed E-state index contributed by atoms with van der Waals surface area (Å²) >= 11 is 0. The van der Waals surface area contributed by atoms with Crippen LogP contribution in [0.15, 0.2) is 0 Å². The summed E-state index contributed by atoms with van der Waals surface area (Å²) in [6.07, 6.45) is 6.22. The van der Waals surface area contributed by atoms with E-state index < -0.39 is 8.25 Å². The molecule has 0 bridgehead atoms. The van der Waals surface area contributed by atoms with Crippen LogP contribution in [0.3, 0.4) is 0 Å². The van der Waals surface area contributed by atoms with E-state index in [0.29, 0.717) is 19.3 Å². The van der Waals surface area contributed by atoms with Crippen LogP contribution < -0.4 is 11.5 Å². The van der Waals surface area contributed by atoms with Crippen LogP contribution in [-0.2, 0) is 13.6 Å². The van der Waals surface area contributed by atoms with Crippen LogP contribution in [-0.4, -0.2) is 43.9 Å². The minimum Gasteiger partial charge on any atom is -0.316 e. The standard InChI is InChI=1S/C10H25N3.C4H9O3P/c1-4-8-13(3)9(5-2)6-7-10(11)12;5-8-6-3-1-2-4-7-8/h9-10H,4-8,11-12H2,1-3H3;8H,1-4H2. The Balaban J connectivity index is 0.000000423. The molecule has 1 rings (SSSR count). The Morgan fingerprint density at radius 1 is 1.14 bits per heavy atom. The average molecular weight is 323 g/mol. The Bertz CT molecular complexity index is 258. The van der Waals surface area contributed by atoms with Crippen molar-refractivity contribution in [2.24, 2.45) is 11.5 Å². The van der Waals surface area contributed by atoms with Gasteiger partial charge in [0.05, 0.1) is 19.4 Å². The first-order valence-electron chi connectivity index (χ1n) is 8.02. The topological polar surface area (TPSA) is 90.8 Å². The summed E-state index contributed by atoms with van der Waals surface area (Å²) < 4.78 is 19.9. The molecule has 0 aliphatic carbocycles. The summed E-state index contributed by atoms with van der Waals surface area (Å²) in [6, 6.07) is 0.648. The van der Waals surface area contributed by atoms with Crippen molar-refractivity contribution in [2.45, 2.75) is 64.6 Å². The van der Waals surface area contributed by atoms with Crippen molar-refractivity contribution < 1.29 is 13.6 Å². The molecule has 1 heterocycles. The summed E-state index contributed by atoms with van der Waals surface area (Å²) in [6.45, 7) is 6.78. The lowest BCUT2D eigenvalue weighted by Crippen LogP contribution is -2.36. The van der Waals surface area contributed by atoms with Crippen LogP contribution in [0.1, 0.15) is 52.4 Å². The molecule has 0 aromatic rings. The summed E-state index contributed by atoms with van der Waals surface area (Å²) in [5.41, 5.74) is 11.1. The second-order valence-electron chi connectivity index (χ2n) is 5.44. The van der Waals surface area contributed by atoms with Crippen molar-refractivity contribution in [3.8, 4) is 0 Å². The SMILES string of the molecule is CCCN(C)C(CC)CCC(N)N.O=[PH]1OCCCCO1. The van der Waals surface area contributed by atoms with Gasteiger partial charge in [-0.2, -0.15) is 0 Å². The van der Waals surface area contributed by atoms with Crippen molar-refractivity contribution in [3.63, 3.8) is 0 Å². The molecule has 1 fully saturated rings. The minimum absolute atomic E-state index is 0.149. The maximum absolute atomic E-state index is 10.4. The molecular formula is C14H34N3O3P. The molecular weight excluding hydrogens is 289 g/mol. The van der Waals surface area contributed by atoms with Crippen LogP contribution in [0.25, 0.3) is 0 Å². The normalized spacial score (nSPS) is 18.2. The number of rotatable bonds is 7. The van der Waals surface area contributed by atoms with Gasteiger partial charge < -0.3 is 25.4 Å².